The van der Waals surface area contributed by atoms with Crippen LogP contribution in [-0.4, -0.2) is 88.6 Å². The number of likely N-dealkylation sites (N-methyl/N-ethyl adjacent to an activating group) is 1. The maximum Gasteiger partial charge on any atom is 0.194 e. The van der Waals surface area contributed by atoms with Gasteiger partial charge in [0.15, 0.2) is 5.96 Å². The summed E-state index contributed by atoms with van der Waals surface area (Å²) in [4.78, 5) is 9.58. The van der Waals surface area contributed by atoms with Crippen molar-refractivity contribution in [2.45, 2.75) is 33.7 Å². The molecule has 1 N–H and O–H groups in total. The molecule has 0 bridgehead atoms. The van der Waals surface area contributed by atoms with Gasteiger partial charge >= 0.3 is 0 Å². The average molecular weight is 563 g/mol. The van der Waals surface area contributed by atoms with Gasteiger partial charge in [-0.25, -0.2) is 4.99 Å². The largest absolute Gasteiger partial charge is 0.492 e. The zero-order chi connectivity index (χ0) is 22.3. The number of rotatable bonds is 14. The van der Waals surface area contributed by atoms with Crippen molar-refractivity contribution in [2.75, 3.05) is 72.8 Å². The van der Waals surface area contributed by atoms with E-state index in [2.05, 4.69) is 48.0 Å². The first-order chi connectivity index (χ1) is 15.2. The standard InChI is InChI=1S/C24H42N4O3.HI/c1-5-25-24(28-13-12-22(19-28)20-30-17-16-29-4)26-18-21-8-10-23(11-9-21)31-15-14-27(6-2)7-3;/h8-11,22H,5-7,12-20H2,1-4H3,(H,25,26);1H. The maximum absolute atomic E-state index is 5.88. The number of nitrogens with one attached hydrogen (secondary N) is 1. The second kappa shape index (κ2) is 17.4. The molecule has 1 fully saturated rings. The molecule has 0 aromatic heterocycles. The quantitative estimate of drug-likeness (QED) is 0.162. The third-order valence-corrected chi connectivity index (χ3v) is 5.61. The number of ether oxygens (including phenoxy) is 3. The Morgan fingerprint density at radius 3 is 2.53 bits per heavy atom. The molecular formula is C24H43IN4O3. The van der Waals surface area contributed by atoms with Crippen molar-refractivity contribution in [1.82, 2.24) is 15.1 Å². The molecule has 0 aliphatic carbocycles. The molecule has 0 spiro atoms. The van der Waals surface area contributed by atoms with E-state index in [0.29, 0.717) is 25.7 Å². The second-order valence-electron chi connectivity index (χ2n) is 7.86. The van der Waals surface area contributed by atoms with Crippen LogP contribution in [0.4, 0.5) is 0 Å². The zero-order valence-electron chi connectivity index (χ0n) is 20.3. The van der Waals surface area contributed by atoms with E-state index in [4.69, 9.17) is 19.2 Å². The number of hydrogen-bond donors (Lipinski definition) is 1. The summed E-state index contributed by atoms with van der Waals surface area (Å²) >= 11 is 0. The molecule has 0 saturated carbocycles. The van der Waals surface area contributed by atoms with Gasteiger partial charge in [-0.05, 0) is 44.1 Å². The van der Waals surface area contributed by atoms with Crippen LogP contribution >= 0.6 is 24.0 Å². The van der Waals surface area contributed by atoms with Gasteiger partial charge in [-0.1, -0.05) is 26.0 Å². The average Bonchev–Trinajstić information content (AvgIpc) is 3.27. The third-order valence-electron chi connectivity index (χ3n) is 5.61. The van der Waals surface area contributed by atoms with E-state index in [0.717, 1.165) is 70.6 Å². The minimum Gasteiger partial charge on any atom is -0.492 e. The van der Waals surface area contributed by atoms with E-state index in [1.54, 1.807) is 7.11 Å². The summed E-state index contributed by atoms with van der Waals surface area (Å²) in [5, 5.41) is 3.44. The molecule has 7 nitrogen and oxygen atoms in total. The van der Waals surface area contributed by atoms with Crippen molar-refractivity contribution in [1.29, 1.82) is 0 Å². The molecule has 8 heteroatoms. The molecule has 1 unspecified atom stereocenters. The van der Waals surface area contributed by atoms with Gasteiger partial charge in [0.05, 0.1) is 26.4 Å². The molecule has 1 aromatic carbocycles. The molecule has 1 aromatic rings. The van der Waals surface area contributed by atoms with Gasteiger partial charge in [-0.3, -0.25) is 0 Å². The van der Waals surface area contributed by atoms with Crippen LogP contribution in [0.25, 0.3) is 0 Å². The SMILES string of the molecule is CCNC(=NCc1ccc(OCCN(CC)CC)cc1)N1CCC(COCCOC)C1.I. The van der Waals surface area contributed by atoms with Gasteiger partial charge in [-0.15, -0.1) is 24.0 Å². The number of aliphatic imine (C=N–C) groups is 1. The van der Waals surface area contributed by atoms with Crippen LogP contribution in [0.3, 0.4) is 0 Å². The van der Waals surface area contributed by atoms with Gasteiger partial charge in [0.1, 0.15) is 12.4 Å². The first-order valence-corrected chi connectivity index (χ1v) is 11.7. The van der Waals surface area contributed by atoms with Gasteiger partial charge < -0.3 is 29.3 Å². The van der Waals surface area contributed by atoms with Gasteiger partial charge in [0.25, 0.3) is 0 Å². The normalized spacial score (nSPS) is 16.3. The Balaban J connectivity index is 0.00000512. The summed E-state index contributed by atoms with van der Waals surface area (Å²) in [7, 11) is 1.70. The lowest BCUT2D eigenvalue weighted by Crippen LogP contribution is -2.40. The van der Waals surface area contributed by atoms with E-state index in [1.165, 1.54) is 5.56 Å². The Morgan fingerprint density at radius 1 is 1.12 bits per heavy atom. The van der Waals surface area contributed by atoms with Gasteiger partial charge in [0.2, 0.25) is 0 Å². The molecule has 1 saturated heterocycles. The van der Waals surface area contributed by atoms with Gasteiger partial charge in [0, 0.05) is 39.2 Å². The van der Waals surface area contributed by atoms with Crippen LogP contribution < -0.4 is 10.1 Å². The van der Waals surface area contributed by atoms with Crippen LogP contribution in [0.1, 0.15) is 32.8 Å². The molecule has 1 atom stereocenters. The summed E-state index contributed by atoms with van der Waals surface area (Å²) in [6, 6.07) is 8.30. The molecule has 1 aliphatic rings. The number of nitrogens with zero attached hydrogens (tertiary/aromatic N) is 3. The Labute approximate surface area is 211 Å². The fourth-order valence-corrected chi connectivity index (χ4v) is 3.67. The minimum atomic E-state index is 0. The fourth-order valence-electron chi connectivity index (χ4n) is 3.67. The predicted molar refractivity (Wildman–Crippen MR) is 142 cm³/mol. The monoisotopic (exact) mass is 562 g/mol. The van der Waals surface area contributed by atoms with Crippen molar-refractivity contribution < 1.29 is 14.2 Å². The number of guanidine groups is 1. The molecule has 0 radical (unpaired) electrons. The van der Waals surface area contributed by atoms with Crippen LogP contribution in [0.2, 0.25) is 0 Å². The van der Waals surface area contributed by atoms with Gasteiger partial charge in [-0.2, -0.15) is 0 Å². The highest BCUT2D eigenvalue weighted by molar-refractivity contribution is 14.0. The number of methoxy groups -OCH3 is 1. The van der Waals surface area contributed by atoms with E-state index in [-0.39, 0.29) is 24.0 Å². The molecule has 0 amide bonds. The molecule has 1 heterocycles. The third kappa shape index (κ3) is 10.7. The summed E-state index contributed by atoms with van der Waals surface area (Å²) in [5.41, 5.74) is 1.19. The number of halogens is 1. The Kier molecular flexibility index (Phi) is 15.7. The fraction of sp³-hybridized carbons (Fsp3) is 0.708. The topological polar surface area (TPSA) is 58.6 Å². The van der Waals surface area contributed by atoms with Crippen LogP contribution in [0.15, 0.2) is 29.3 Å². The lowest BCUT2D eigenvalue weighted by molar-refractivity contribution is 0.0536. The molecule has 184 valence electrons. The lowest BCUT2D eigenvalue weighted by atomic mass is 10.1. The minimum absolute atomic E-state index is 0. The highest BCUT2D eigenvalue weighted by Gasteiger charge is 2.24. The van der Waals surface area contributed by atoms with Crippen molar-refractivity contribution >= 4 is 29.9 Å². The van der Waals surface area contributed by atoms with Crippen molar-refractivity contribution in [3.63, 3.8) is 0 Å². The smallest absolute Gasteiger partial charge is 0.194 e. The van der Waals surface area contributed by atoms with E-state index < -0.39 is 0 Å². The van der Waals surface area contributed by atoms with E-state index >= 15 is 0 Å². The predicted octanol–water partition coefficient (Wildman–Crippen LogP) is 3.48. The molecule has 32 heavy (non-hydrogen) atoms. The first-order valence-electron chi connectivity index (χ1n) is 11.7. The summed E-state index contributed by atoms with van der Waals surface area (Å²) in [6.07, 6.45) is 1.14. The highest BCUT2D eigenvalue weighted by atomic mass is 127. The van der Waals surface area contributed by atoms with Crippen LogP contribution in [-0.2, 0) is 16.0 Å². The number of benzene rings is 1. The Bertz CT molecular complexity index is 626. The van der Waals surface area contributed by atoms with Crippen LogP contribution in [0, 0.1) is 5.92 Å². The van der Waals surface area contributed by atoms with Crippen molar-refractivity contribution in [3.05, 3.63) is 29.8 Å². The highest BCUT2D eigenvalue weighted by Crippen LogP contribution is 2.17. The summed E-state index contributed by atoms with van der Waals surface area (Å²) in [6.45, 7) is 15.9. The zero-order valence-corrected chi connectivity index (χ0v) is 22.7. The Morgan fingerprint density at radius 2 is 1.88 bits per heavy atom. The number of hydrogen-bond acceptors (Lipinski definition) is 5. The summed E-state index contributed by atoms with van der Waals surface area (Å²) < 4.78 is 16.6. The van der Waals surface area contributed by atoms with Crippen molar-refractivity contribution in [2.24, 2.45) is 10.9 Å². The number of likely N-dealkylation sites (tertiary alicyclic amines) is 1. The molecular weight excluding hydrogens is 519 g/mol. The first kappa shape index (κ1) is 28.9. The second-order valence-corrected chi connectivity index (χ2v) is 7.86. The van der Waals surface area contributed by atoms with Crippen LogP contribution in [0.5, 0.6) is 5.75 Å². The Hall–Kier alpha value is -1.10. The summed E-state index contributed by atoms with van der Waals surface area (Å²) in [5.74, 6) is 2.46. The van der Waals surface area contributed by atoms with E-state index in [9.17, 15) is 0 Å². The maximum atomic E-state index is 5.88. The van der Waals surface area contributed by atoms with E-state index in [1.807, 2.05) is 12.1 Å². The molecule has 2 rings (SSSR count). The molecule has 1 aliphatic heterocycles. The lowest BCUT2D eigenvalue weighted by Gasteiger charge is -2.21. The van der Waals surface area contributed by atoms with Crippen molar-refractivity contribution in [3.8, 4) is 5.75 Å².